The van der Waals surface area contributed by atoms with Crippen LogP contribution in [0.5, 0.6) is 0 Å². The molecule has 2 N–H and O–H groups in total. The standard InChI is InChI=1S/C10H21NO3/c1-9(13)3-4-11(2)5-10(6-12)7-14-8-10/h9,12-13H,3-8H2,1-2H3. The smallest absolute Gasteiger partial charge is 0.0579 e. The van der Waals surface area contributed by atoms with Gasteiger partial charge >= 0.3 is 0 Å². The van der Waals surface area contributed by atoms with Gasteiger partial charge in [0.25, 0.3) is 0 Å². The van der Waals surface area contributed by atoms with Crippen molar-refractivity contribution in [3.8, 4) is 0 Å². The minimum Gasteiger partial charge on any atom is -0.396 e. The maximum absolute atomic E-state index is 9.21. The van der Waals surface area contributed by atoms with Crippen LogP contribution in [0.1, 0.15) is 13.3 Å². The number of aliphatic hydroxyl groups is 2. The Hall–Kier alpha value is -0.160. The second-order valence-corrected chi connectivity index (χ2v) is 4.53. The normalized spacial score (nSPS) is 22.1. The van der Waals surface area contributed by atoms with E-state index in [1.54, 1.807) is 6.92 Å². The zero-order valence-corrected chi connectivity index (χ0v) is 9.07. The van der Waals surface area contributed by atoms with Crippen molar-refractivity contribution in [2.45, 2.75) is 19.4 Å². The molecule has 0 aromatic heterocycles. The maximum atomic E-state index is 9.21. The van der Waals surface area contributed by atoms with Gasteiger partial charge in [0.2, 0.25) is 0 Å². The fourth-order valence-electron chi connectivity index (χ4n) is 1.68. The lowest BCUT2D eigenvalue weighted by Gasteiger charge is -2.42. The third-order valence-electron chi connectivity index (χ3n) is 2.69. The second-order valence-electron chi connectivity index (χ2n) is 4.53. The molecule has 0 bridgehead atoms. The number of ether oxygens (including phenoxy) is 1. The highest BCUT2D eigenvalue weighted by molar-refractivity contribution is 4.87. The van der Waals surface area contributed by atoms with Crippen LogP contribution in [0.15, 0.2) is 0 Å². The lowest BCUT2D eigenvalue weighted by molar-refractivity contribution is -0.146. The van der Waals surface area contributed by atoms with E-state index in [1.807, 2.05) is 7.05 Å². The highest BCUT2D eigenvalue weighted by Crippen LogP contribution is 2.27. The number of aliphatic hydroxyl groups excluding tert-OH is 2. The van der Waals surface area contributed by atoms with E-state index in [-0.39, 0.29) is 18.1 Å². The van der Waals surface area contributed by atoms with Crippen LogP contribution < -0.4 is 0 Å². The van der Waals surface area contributed by atoms with E-state index in [0.717, 1.165) is 19.5 Å². The molecule has 1 rings (SSSR count). The molecule has 0 amide bonds. The zero-order chi connectivity index (χ0) is 10.6. The van der Waals surface area contributed by atoms with Gasteiger partial charge in [0.05, 0.1) is 31.3 Å². The summed E-state index contributed by atoms with van der Waals surface area (Å²) in [7, 11) is 2.01. The molecule has 1 unspecified atom stereocenters. The first kappa shape index (κ1) is 11.9. The Labute approximate surface area is 85.5 Å². The number of nitrogens with zero attached hydrogens (tertiary/aromatic N) is 1. The molecule has 0 saturated carbocycles. The van der Waals surface area contributed by atoms with Crippen LogP contribution in [0.2, 0.25) is 0 Å². The summed E-state index contributed by atoms with van der Waals surface area (Å²) in [5.41, 5.74) is -0.0482. The summed E-state index contributed by atoms with van der Waals surface area (Å²) in [6.07, 6.45) is 0.527. The van der Waals surface area contributed by atoms with Gasteiger partial charge in [-0.3, -0.25) is 0 Å². The first-order chi connectivity index (χ1) is 6.58. The summed E-state index contributed by atoms with van der Waals surface area (Å²) in [5, 5.41) is 18.3. The van der Waals surface area contributed by atoms with Crippen LogP contribution in [0.3, 0.4) is 0 Å². The van der Waals surface area contributed by atoms with Crippen molar-refractivity contribution in [1.82, 2.24) is 4.90 Å². The van der Waals surface area contributed by atoms with Gasteiger partial charge in [0, 0.05) is 13.1 Å². The monoisotopic (exact) mass is 203 g/mol. The Kier molecular flexibility index (Phi) is 4.31. The lowest BCUT2D eigenvalue weighted by atomic mass is 9.86. The van der Waals surface area contributed by atoms with Crippen molar-refractivity contribution in [3.05, 3.63) is 0 Å². The fourth-order valence-corrected chi connectivity index (χ4v) is 1.68. The molecule has 4 heteroatoms. The molecule has 0 spiro atoms. The van der Waals surface area contributed by atoms with Crippen molar-refractivity contribution >= 4 is 0 Å². The molecule has 0 aromatic rings. The summed E-state index contributed by atoms with van der Waals surface area (Å²) in [4.78, 5) is 2.14. The van der Waals surface area contributed by atoms with E-state index in [1.165, 1.54) is 0 Å². The Balaban J connectivity index is 2.21. The number of hydrogen-bond donors (Lipinski definition) is 2. The first-order valence-corrected chi connectivity index (χ1v) is 5.13. The summed E-state index contributed by atoms with van der Waals surface area (Å²) >= 11 is 0. The molecule has 1 aliphatic heterocycles. The molecule has 1 heterocycles. The van der Waals surface area contributed by atoms with Crippen LogP contribution in [0.4, 0.5) is 0 Å². The van der Waals surface area contributed by atoms with Gasteiger partial charge in [-0.1, -0.05) is 0 Å². The molecule has 0 aromatic carbocycles. The quantitative estimate of drug-likeness (QED) is 0.622. The van der Waals surface area contributed by atoms with Gasteiger partial charge in [0.1, 0.15) is 0 Å². The van der Waals surface area contributed by atoms with Gasteiger partial charge in [-0.25, -0.2) is 0 Å². The van der Waals surface area contributed by atoms with Crippen molar-refractivity contribution < 1.29 is 14.9 Å². The Morgan fingerprint density at radius 3 is 2.50 bits per heavy atom. The summed E-state index contributed by atoms with van der Waals surface area (Å²) in [6.45, 7) is 4.99. The maximum Gasteiger partial charge on any atom is 0.0579 e. The van der Waals surface area contributed by atoms with Crippen LogP contribution >= 0.6 is 0 Å². The Morgan fingerprint density at radius 1 is 1.50 bits per heavy atom. The Bertz CT molecular complexity index is 163. The minimum atomic E-state index is -0.250. The van der Waals surface area contributed by atoms with E-state index in [0.29, 0.717) is 13.2 Å². The molecule has 1 atom stereocenters. The molecule has 14 heavy (non-hydrogen) atoms. The van der Waals surface area contributed by atoms with Crippen LogP contribution in [0.25, 0.3) is 0 Å². The van der Waals surface area contributed by atoms with Crippen molar-refractivity contribution in [3.63, 3.8) is 0 Å². The van der Waals surface area contributed by atoms with E-state index in [9.17, 15) is 5.11 Å². The highest BCUT2D eigenvalue weighted by atomic mass is 16.5. The lowest BCUT2D eigenvalue weighted by Crippen LogP contribution is -2.52. The van der Waals surface area contributed by atoms with E-state index >= 15 is 0 Å². The van der Waals surface area contributed by atoms with E-state index in [4.69, 9.17) is 9.84 Å². The third kappa shape index (κ3) is 3.20. The third-order valence-corrected chi connectivity index (χ3v) is 2.69. The first-order valence-electron chi connectivity index (χ1n) is 5.13. The average molecular weight is 203 g/mol. The van der Waals surface area contributed by atoms with Gasteiger partial charge in [-0.05, 0) is 20.4 Å². The number of rotatable bonds is 6. The van der Waals surface area contributed by atoms with Crippen LogP contribution in [-0.2, 0) is 4.74 Å². The molecular formula is C10H21NO3. The predicted octanol–water partition coefficient (Wildman–Crippen LogP) is -0.302. The molecule has 84 valence electrons. The SMILES string of the molecule is CC(O)CCN(C)CC1(CO)COC1. The average Bonchev–Trinajstić information content (AvgIpc) is 2.08. The molecular weight excluding hydrogens is 182 g/mol. The highest BCUT2D eigenvalue weighted by Gasteiger charge is 2.38. The molecule has 4 nitrogen and oxygen atoms in total. The zero-order valence-electron chi connectivity index (χ0n) is 9.07. The minimum absolute atomic E-state index is 0.0482. The number of hydrogen-bond acceptors (Lipinski definition) is 4. The van der Waals surface area contributed by atoms with Crippen molar-refractivity contribution in [1.29, 1.82) is 0 Å². The topological polar surface area (TPSA) is 52.9 Å². The molecule has 0 aliphatic carbocycles. The van der Waals surface area contributed by atoms with Crippen molar-refractivity contribution in [2.24, 2.45) is 5.41 Å². The Morgan fingerprint density at radius 2 is 2.14 bits per heavy atom. The fraction of sp³-hybridized carbons (Fsp3) is 1.00. The molecule has 1 aliphatic rings. The van der Waals surface area contributed by atoms with Gasteiger partial charge in [-0.2, -0.15) is 0 Å². The van der Waals surface area contributed by atoms with Crippen molar-refractivity contribution in [2.75, 3.05) is 40.0 Å². The molecule has 1 saturated heterocycles. The second kappa shape index (κ2) is 5.07. The predicted molar refractivity (Wildman–Crippen MR) is 54.1 cm³/mol. The van der Waals surface area contributed by atoms with Gasteiger partial charge in [0.15, 0.2) is 0 Å². The molecule has 0 radical (unpaired) electrons. The summed E-state index contributed by atoms with van der Waals surface area (Å²) < 4.78 is 5.12. The molecule has 1 fully saturated rings. The summed E-state index contributed by atoms with van der Waals surface area (Å²) in [6, 6.07) is 0. The van der Waals surface area contributed by atoms with Gasteiger partial charge < -0.3 is 19.8 Å². The van der Waals surface area contributed by atoms with E-state index in [2.05, 4.69) is 4.90 Å². The van der Waals surface area contributed by atoms with Crippen LogP contribution in [-0.4, -0.2) is 61.2 Å². The van der Waals surface area contributed by atoms with Crippen LogP contribution in [0, 0.1) is 5.41 Å². The van der Waals surface area contributed by atoms with E-state index < -0.39 is 0 Å². The summed E-state index contributed by atoms with van der Waals surface area (Å²) in [5.74, 6) is 0. The van der Waals surface area contributed by atoms with Gasteiger partial charge in [-0.15, -0.1) is 0 Å². The largest absolute Gasteiger partial charge is 0.396 e.